The average Bonchev–Trinajstić information content (AvgIpc) is 2.63. The Balaban J connectivity index is 1.60. The minimum absolute atomic E-state index is 0.511. The zero-order valence-corrected chi connectivity index (χ0v) is 13.6. The van der Waals surface area contributed by atoms with Gasteiger partial charge in [0.1, 0.15) is 23.1 Å². The van der Waals surface area contributed by atoms with E-state index in [9.17, 15) is 0 Å². The van der Waals surface area contributed by atoms with Gasteiger partial charge < -0.3 is 10.5 Å². The van der Waals surface area contributed by atoms with Crippen LogP contribution in [0.25, 0.3) is 10.9 Å². The fourth-order valence-corrected chi connectivity index (χ4v) is 2.76. The molecule has 4 heteroatoms. The highest BCUT2D eigenvalue weighted by Gasteiger charge is 2.07. The van der Waals surface area contributed by atoms with Crippen LogP contribution in [-0.2, 0) is 6.42 Å². The lowest BCUT2D eigenvalue weighted by Gasteiger charge is -2.08. The van der Waals surface area contributed by atoms with Gasteiger partial charge in [-0.25, -0.2) is 9.97 Å². The maximum absolute atomic E-state index is 6.07. The summed E-state index contributed by atoms with van der Waals surface area (Å²) in [4.78, 5) is 9.05. The van der Waals surface area contributed by atoms with Crippen LogP contribution in [0.1, 0.15) is 11.4 Å². The Morgan fingerprint density at radius 3 is 2.40 bits per heavy atom. The van der Waals surface area contributed by atoms with E-state index in [0.717, 1.165) is 28.0 Å². The largest absolute Gasteiger partial charge is 0.457 e. The van der Waals surface area contributed by atoms with Crippen LogP contribution in [0.3, 0.4) is 0 Å². The molecule has 0 fully saturated rings. The number of nitrogen functional groups attached to an aromatic ring is 1. The molecule has 3 aromatic carbocycles. The van der Waals surface area contributed by atoms with Crippen LogP contribution in [0.5, 0.6) is 11.5 Å². The molecule has 2 N–H and O–H groups in total. The second-order valence-electron chi connectivity index (χ2n) is 5.78. The molecule has 0 amide bonds. The summed E-state index contributed by atoms with van der Waals surface area (Å²) >= 11 is 0. The van der Waals surface area contributed by atoms with Crippen molar-refractivity contribution >= 4 is 16.7 Å². The van der Waals surface area contributed by atoms with Crippen molar-refractivity contribution in [2.45, 2.75) is 6.42 Å². The van der Waals surface area contributed by atoms with Gasteiger partial charge in [0.15, 0.2) is 0 Å². The van der Waals surface area contributed by atoms with Gasteiger partial charge in [0, 0.05) is 11.8 Å². The Bertz CT molecular complexity index is 1020. The normalized spacial score (nSPS) is 10.7. The topological polar surface area (TPSA) is 61.0 Å². The number of benzene rings is 3. The Labute approximate surface area is 145 Å². The first-order chi connectivity index (χ1) is 12.3. The van der Waals surface area contributed by atoms with Crippen molar-refractivity contribution in [1.82, 2.24) is 9.97 Å². The molecule has 4 aromatic rings. The minimum atomic E-state index is 0.511. The first kappa shape index (κ1) is 15.1. The van der Waals surface area contributed by atoms with Crippen LogP contribution >= 0.6 is 0 Å². The second-order valence-corrected chi connectivity index (χ2v) is 5.78. The highest BCUT2D eigenvalue weighted by Crippen LogP contribution is 2.23. The van der Waals surface area contributed by atoms with E-state index in [4.69, 9.17) is 10.5 Å². The van der Waals surface area contributed by atoms with Gasteiger partial charge in [-0.15, -0.1) is 0 Å². The molecule has 122 valence electrons. The molecule has 0 spiro atoms. The Morgan fingerprint density at radius 1 is 0.760 bits per heavy atom. The maximum atomic E-state index is 6.07. The highest BCUT2D eigenvalue weighted by atomic mass is 16.5. The molecule has 0 aliphatic heterocycles. The number of rotatable bonds is 4. The van der Waals surface area contributed by atoms with Crippen LogP contribution in [0.2, 0.25) is 0 Å². The third-order valence-corrected chi connectivity index (χ3v) is 3.92. The molecule has 0 aliphatic rings. The number of anilines is 1. The summed E-state index contributed by atoms with van der Waals surface area (Å²) in [5.74, 6) is 2.81. The van der Waals surface area contributed by atoms with E-state index < -0.39 is 0 Å². The van der Waals surface area contributed by atoms with Crippen molar-refractivity contribution in [2.75, 3.05) is 5.73 Å². The van der Waals surface area contributed by atoms with E-state index in [0.29, 0.717) is 18.1 Å². The number of nitrogens with two attached hydrogens (primary N) is 1. The summed E-state index contributed by atoms with van der Waals surface area (Å²) in [5, 5.41) is 0.882. The number of aromatic nitrogens is 2. The molecule has 4 rings (SSSR count). The summed E-state index contributed by atoms with van der Waals surface area (Å²) in [6.45, 7) is 0. The first-order valence-electron chi connectivity index (χ1n) is 8.11. The summed E-state index contributed by atoms with van der Waals surface area (Å²) in [7, 11) is 0. The van der Waals surface area contributed by atoms with Crippen LogP contribution in [0.4, 0.5) is 5.82 Å². The van der Waals surface area contributed by atoms with Gasteiger partial charge in [0.25, 0.3) is 0 Å². The van der Waals surface area contributed by atoms with Gasteiger partial charge >= 0.3 is 0 Å². The molecule has 0 saturated heterocycles. The average molecular weight is 327 g/mol. The third-order valence-electron chi connectivity index (χ3n) is 3.92. The summed E-state index contributed by atoms with van der Waals surface area (Å²) in [6, 6.07) is 25.4. The maximum Gasteiger partial charge on any atom is 0.135 e. The summed E-state index contributed by atoms with van der Waals surface area (Å²) < 4.78 is 5.89. The lowest BCUT2D eigenvalue weighted by Crippen LogP contribution is -2.02. The van der Waals surface area contributed by atoms with Gasteiger partial charge in [0.2, 0.25) is 0 Å². The number of nitrogens with zero attached hydrogens (tertiary/aromatic N) is 2. The number of hydrogen-bond donors (Lipinski definition) is 1. The monoisotopic (exact) mass is 327 g/mol. The molecule has 0 atom stereocenters. The van der Waals surface area contributed by atoms with E-state index in [1.54, 1.807) is 0 Å². The van der Waals surface area contributed by atoms with Crippen LogP contribution in [0.15, 0.2) is 78.9 Å². The molecule has 0 bridgehead atoms. The smallest absolute Gasteiger partial charge is 0.135 e. The zero-order chi connectivity index (χ0) is 17.1. The molecule has 0 unspecified atom stereocenters. The van der Waals surface area contributed by atoms with Gasteiger partial charge in [-0.05, 0) is 42.0 Å². The molecular weight excluding hydrogens is 310 g/mol. The van der Waals surface area contributed by atoms with Crippen molar-refractivity contribution in [2.24, 2.45) is 0 Å². The molecule has 25 heavy (non-hydrogen) atoms. The number of para-hydroxylation sites is 2. The minimum Gasteiger partial charge on any atom is -0.457 e. The molecule has 0 saturated carbocycles. The summed E-state index contributed by atoms with van der Waals surface area (Å²) in [6.07, 6.45) is 0.598. The number of fused-ring (bicyclic) bond motifs is 1. The van der Waals surface area contributed by atoms with Gasteiger partial charge in [-0.1, -0.05) is 42.5 Å². The first-order valence-corrected chi connectivity index (χ1v) is 8.11. The van der Waals surface area contributed by atoms with E-state index in [1.165, 1.54) is 0 Å². The molecular formula is C21H17N3O. The fourth-order valence-electron chi connectivity index (χ4n) is 2.76. The lowest BCUT2D eigenvalue weighted by molar-refractivity contribution is 0.482. The Morgan fingerprint density at radius 2 is 1.52 bits per heavy atom. The molecule has 0 aliphatic carbocycles. The van der Waals surface area contributed by atoms with E-state index in [-0.39, 0.29) is 0 Å². The van der Waals surface area contributed by atoms with E-state index in [2.05, 4.69) is 9.97 Å². The van der Waals surface area contributed by atoms with Crippen molar-refractivity contribution in [3.05, 3.63) is 90.3 Å². The van der Waals surface area contributed by atoms with Gasteiger partial charge in [0.05, 0.1) is 5.52 Å². The molecule has 4 nitrogen and oxygen atoms in total. The van der Waals surface area contributed by atoms with Crippen LogP contribution < -0.4 is 10.5 Å². The second kappa shape index (κ2) is 6.61. The zero-order valence-electron chi connectivity index (χ0n) is 13.6. The SMILES string of the molecule is Nc1nc(Cc2cccc(Oc3ccccc3)c2)nc2ccccc12. The number of ether oxygens (including phenoxy) is 1. The quantitative estimate of drug-likeness (QED) is 0.595. The third kappa shape index (κ3) is 3.43. The van der Waals surface area contributed by atoms with Crippen molar-refractivity contribution in [1.29, 1.82) is 0 Å². The molecule has 1 heterocycles. The van der Waals surface area contributed by atoms with Crippen molar-refractivity contribution < 1.29 is 4.74 Å². The standard InChI is InChI=1S/C21H17N3O/c22-21-18-11-4-5-12-19(18)23-20(24-21)14-15-7-6-10-17(13-15)25-16-8-2-1-3-9-16/h1-13H,14H2,(H2,22,23,24). The van der Waals surface area contributed by atoms with Gasteiger partial charge in [-0.3, -0.25) is 0 Å². The highest BCUT2D eigenvalue weighted by molar-refractivity contribution is 5.87. The van der Waals surface area contributed by atoms with Crippen molar-refractivity contribution in [3.63, 3.8) is 0 Å². The Hall–Kier alpha value is -3.40. The van der Waals surface area contributed by atoms with E-state index in [1.807, 2.05) is 78.9 Å². The van der Waals surface area contributed by atoms with E-state index >= 15 is 0 Å². The van der Waals surface area contributed by atoms with Crippen molar-refractivity contribution in [3.8, 4) is 11.5 Å². The van der Waals surface area contributed by atoms with Crippen LogP contribution in [-0.4, -0.2) is 9.97 Å². The van der Waals surface area contributed by atoms with Gasteiger partial charge in [-0.2, -0.15) is 0 Å². The summed E-state index contributed by atoms with van der Waals surface area (Å²) in [5.41, 5.74) is 8.00. The number of hydrogen-bond acceptors (Lipinski definition) is 4. The van der Waals surface area contributed by atoms with Crippen LogP contribution in [0, 0.1) is 0 Å². The predicted octanol–water partition coefficient (Wildman–Crippen LogP) is 4.60. The molecule has 1 aromatic heterocycles. The lowest BCUT2D eigenvalue weighted by atomic mass is 10.1. The fraction of sp³-hybridized carbons (Fsp3) is 0.0476. The predicted molar refractivity (Wildman–Crippen MR) is 99.7 cm³/mol. The Kier molecular flexibility index (Phi) is 4.01. The molecule has 0 radical (unpaired) electrons.